The molecule has 1 N–H and O–H groups in total. The van der Waals surface area contributed by atoms with Crippen molar-refractivity contribution in [3.63, 3.8) is 0 Å². The summed E-state index contributed by atoms with van der Waals surface area (Å²) in [5.41, 5.74) is -0.0128. The molecule has 19 heavy (non-hydrogen) atoms. The molecule has 0 aliphatic heterocycles. The molecule has 7 heteroatoms. The van der Waals surface area contributed by atoms with Crippen LogP contribution in [-0.2, 0) is 0 Å². The second kappa shape index (κ2) is 5.44. The van der Waals surface area contributed by atoms with E-state index in [0.717, 1.165) is 18.5 Å². The lowest BCUT2D eigenvalue weighted by atomic mass is 10.2. The summed E-state index contributed by atoms with van der Waals surface area (Å²) in [6, 6.07) is 3.00. The third-order valence-corrected chi connectivity index (χ3v) is 2.75. The average Bonchev–Trinajstić information content (AvgIpc) is 2.34. The van der Waals surface area contributed by atoms with Crippen LogP contribution in [0, 0.1) is 11.6 Å². The Morgan fingerprint density at radius 2 is 2.00 bits per heavy atom. The minimum Gasteiger partial charge on any atom is -0.336 e. The van der Waals surface area contributed by atoms with E-state index in [1.165, 1.54) is 13.0 Å². The first-order chi connectivity index (χ1) is 8.99. The number of hydrogen-bond donors (Lipinski definition) is 1. The molecule has 0 saturated heterocycles. The molecule has 1 heterocycles. The van der Waals surface area contributed by atoms with Crippen molar-refractivity contribution >= 4 is 23.1 Å². The third-order valence-electron chi connectivity index (χ3n) is 2.38. The van der Waals surface area contributed by atoms with Gasteiger partial charge in [-0.15, -0.1) is 0 Å². The molecule has 2 rings (SSSR count). The molecule has 1 unspecified atom stereocenters. The number of anilines is 2. The van der Waals surface area contributed by atoms with Crippen molar-refractivity contribution in [1.82, 2.24) is 9.97 Å². The number of hydrogen-bond acceptors (Lipinski definition) is 3. The predicted octanol–water partition coefficient (Wildman–Crippen LogP) is 4.18. The maximum Gasteiger partial charge on any atom is 0.153 e. The summed E-state index contributed by atoms with van der Waals surface area (Å²) in [6.45, 7) is 1.27. The van der Waals surface area contributed by atoms with Crippen molar-refractivity contribution in [2.24, 2.45) is 0 Å². The summed E-state index contributed by atoms with van der Waals surface area (Å²) in [7, 11) is 0. The van der Waals surface area contributed by atoms with Gasteiger partial charge in [0.15, 0.2) is 5.82 Å². The Labute approximate surface area is 112 Å². The number of halogens is 4. The lowest BCUT2D eigenvalue weighted by Gasteiger charge is -2.11. The highest BCUT2D eigenvalue weighted by atomic mass is 35.5. The van der Waals surface area contributed by atoms with Crippen LogP contribution < -0.4 is 5.32 Å². The van der Waals surface area contributed by atoms with Crippen molar-refractivity contribution in [2.75, 3.05) is 5.32 Å². The molecular formula is C12H9ClF3N3. The SMILES string of the molecule is CC(F)c1ncnc(Nc2ccc(F)cc2F)c1Cl. The highest BCUT2D eigenvalue weighted by molar-refractivity contribution is 6.33. The summed E-state index contributed by atoms with van der Waals surface area (Å²) < 4.78 is 39.4. The fraction of sp³-hybridized carbons (Fsp3) is 0.167. The average molecular weight is 288 g/mol. The Balaban J connectivity index is 2.36. The topological polar surface area (TPSA) is 37.8 Å². The Hall–Kier alpha value is -1.82. The number of nitrogens with one attached hydrogen (secondary N) is 1. The van der Waals surface area contributed by atoms with Gasteiger partial charge < -0.3 is 5.32 Å². The first kappa shape index (κ1) is 13.6. The van der Waals surface area contributed by atoms with Crippen LogP contribution in [0.2, 0.25) is 5.02 Å². The van der Waals surface area contributed by atoms with Gasteiger partial charge in [-0.3, -0.25) is 0 Å². The Bertz CT molecular complexity index is 605. The van der Waals surface area contributed by atoms with E-state index in [9.17, 15) is 13.2 Å². The van der Waals surface area contributed by atoms with E-state index in [0.29, 0.717) is 0 Å². The number of benzene rings is 1. The molecule has 0 fully saturated rings. The summed E-state index contributed by atoms with van der Waals surface area (Å²) in [5, 5.41) is 2.53. The molecule has 2 aromatic rings. The van der Waals surface area contributed by atoms with Crippen LogP contribution in [0.3, 0.4) is 0 Å². The van der Waals surface area contributed by atoms with Crippen molar-refractivity contribution < 1.29 is 13.2 Å². The smallest absolute Gasteiger partial charge is 0.153 e. The summed E-state index contributed by atoms with van der Waals surface area (Å²) >= 11 is 5.91. The summed E-state index contributed by atoms with van der Waals surface area (Å²) in [5.74, 6) is -1.44. The van der Waals surface area contributed by atoms with Gasteiger partial charge in [0, 0.05) is 6.07 Å². The monoisotopic (exact) mass is 287 g/mol. The maximum atomic E-state index is 13.5. The number of aromatic nitrogens is 2. The summed E-state index contributed by atoms with van der Waals surface area (Å²) in [4.78, 5) is 7.50. The van der Waals surface area contributed by atoms with Crippen molar-refractivity contribution in [3.05, 3.63) is 46.9 Å². The van der Waals surface area contributed by atoms with E-state index >= 15 is 0 Å². The van der Waals surface area contributed by atoms with E-state index in [1.807, 2.05) is 0 Å². The number of nitrogens with zero attached hydrogens (tertiary/aromatic N) is 2. The molecule has 0 bridgehead atoms. The van der Waals surface area contributed by atoms with E-state index in [4.69, 9.17) is 11.6 Å². The standard InChI is InChI=1S/C12H9ClF3N3/c1-6(14)11-10(13)12(18-5-17-11)19-9-3-2-7(15)4-8(9)16/h2-6H,1H3,(H,17,18,19). The molecule has 1 aromatic carbocycles. The Morgan fingerprint density at radius 1 is 1.26 bits per heavy atom. The molecule has 0 amide bonds. The molecule has 0 spiro atoms. The van der Waals surface area contributed by atoms with Gasteiger partial charge in [-0.2, -0.15) is 0 Å². The second-order valence-electron chi connectivity index (χ2n) is 3.79. The largest absolute Gasteiger partial charge is 0.336 e. The highest BCUT2D eigenvalue weighted by Crippen LogP contribution is 2.30. The lowest BCUT2D eigenvalue weighted by molar-refractivity contribution is 0.365. The summed E-state index contributed by atoms with van der Waals surface area (Å²) in [6.07, 6.45) is -0.268. The number of alkyl halides is 1. The van der Waals surface area contributed by atoms with E-state index in [-0.39, 0.29) is 22.2 Å². The molecule has 0 aliphatic carbocycles. The number of rotatable bonds is 3. The minimum absolute atomic E-state index is 0.00156. The van der Waals surface area contributed by atoms with Gasteiger partial charge in [0.05, 0.1) is 11.4 Å². The lowest BCUT2D eigenvalue weighted by Crippen LogP contribution is -2.02. The van der Waals surface area contributed by atoms with Crippen LogP contribution in [0.25, 0.3) is 0 Å². The third kappa shape index (κ3) is 2.96. The molecule has 0 radical (unpaired) electrons. The Morgan fingerprint density at radius 3 is 2.63 bits per heavy atom. The van der Waals surface area contributed by atoms with Crippen molar-refractivity contribution in [2.45, 2.75) is 13.1 Å². The fourth-order valence-corrected chi connectivity index (χ4v) is 1.76. The molecular weight excluding hydrogens is 279 g/mol. The fourth-order valence-electron chi connectivity index (χ4n) is 1.47. The first-order valence-electron chi connectivity index (χ1n) is 5.35. The second-order valence-corrected chi connectivity index (χ2v) is 4.16. The van der Waals surface area contributed by atoms with Crippen LogP contribution in [-0.4, -0.2) is 9.97 Å². The molecule has 100 valence electrons. The quantitative estimate of drug-likeness (QED) is 0.920. The molecule has 3 nitrogen and oxygen atoms in total. The minimum atomic E-state index is -1.38. The van der Waals surface area contributed by atoms with Gasteiger partial charge in [0.2, 0.25) is 0 Å². The van der Waals surface area contributed by atoms with Crippen LogP contribution in [0.1, 0.15) is 18.8 Å². The zero-order valence-electron chi connectivity index (χ0n) is 9.79. The Kier molecular flexibility index (Phi) is 3.90. The van der Waals surface area contributed by atoms with Gasteiger partial charge in [-0.1, -0.05) is 11.6 Å². The molecule has 0 aliphatic rings. The van der Waals surface area contributed by atoms with Crippen LogP contribution >= 0.6 is 11.6 Å². The zero-order chi connectivity index (χ0) is 14.0. The van der Waals surface area contributed by atoms with Crippen LogP contribution in [0.4, 0.5) is 24.7 Å². The maximum absolute atomic E-state index is 13.5. The molecule has 1 aromatic heterocycles. The van der Waals surface area contributed by atoms with Gasteiger partial charge in [-0.05, 0) is 19.1 Å². The van der Waals surface area contributed by atoms with E-state index in [2.05, 4.69) is 15.3 Å². The molecule has 1 atom stereocenters. The van der Waals surface area contributed by atoms with Gasteiger partial charge in [0.25, 0.3) is 0 Å². The van der Waals surface area contributed by atoms with Crippen molar-refractivity contribution in [3.8, 4) is 0 Å². The predicted molar refractivity (Wildman–Crippen MR) is 66.2 cm³/mol. The molecule has 0 saturated carbocycles. The van der Waals surface area contributed by atoms with E-state index < -0.39 is 17.8 Å². The van der Waals surface area contributed by atoms with Gasteiger partial charge >= 0.3 is 0 Å². The van der Waals surface area contributed by atoms with Crippen LogP contribution in [0.5, 0.6) is 0 Å². The van der Waals surface area contributed by atoms with E-state index in [1.54, 1.807) is 0 Å². The van der Waals surface area contributed by atoms with Crippen LogP contribution in [0.15, 0.2) is 24.5 Å². The zero-order valence-corrected chi connectivity index (χ0v) is 10.5. The van der Waals surface area contributed by atoms with Gasteiger partial charge in [0.1, 0.15) is 29.2 Å². The first-order valence-corrected chi connectivity index (χ1v) is 5.73. The van der Waals surface area contributed by atoms with Crippen molar-refractivity contribution in [1.29, 1.82) is 0 Å². The normalized spacial score (nSPS) is 12.3. The van der Waals surface area contributed by atoms with Gasteiger partial charge in [-0.25, -0.2) is 23.1 Å². The highest BCUT2D eigenvalue weighted by Gasteiger charge is 2.15.